The molecule has 0 radical (unpaired) electrons. The molecule has 23 heavy (non-hydrogen) atoms. The number of ketones is 1. The maximum absolute atomic E-state index is 13.2. The Morgan fingerprint density at radius 3 is 3.04 bits per heavy atom. The summed E-state index contributed by atoms with van der Waals surface area (Å²) in [5.41, 5.74) is 2.05. The van der Waals surface area contributed by atoms with Crippen LogP contribution in [0.3, 0.4) is 0 Å². The molecule has 4 nitrogen and oxygen atoms in total. The van der Waals surface area contributed by atoms with Crippen LogP contribution in [-0.2, 0) is 10.2 Å². The predicted octanol–water partition coefficient (Wildman–Crippen LogP) is 2.74. The first-order chi connectivity index (χ1) is 11.2. The third kappa shape index (κ3) is 2.15. The van der Waals surface area contributed by atoms with E-state index in [0.717, 1.165) is 43.5 Å². The van der Waals surface area contributed by atoms with Crippen LogP contribution in [-0.4, -0.2) is 48.6 Å². The second kappa shape index (κ2) is 5.60. The summed E-state index contributed by atoms with van der Waals surface area (Å²) in [6.45, 7) is 2.45. The molecule has 2 bridgehead atoms. The van der Waals surface area contributed by atoms with Gasteiger partial charge in [-0.1, -0.05) is 12.8 Å². The molecule has 3 atom stereocenters. The molecule has 4 heteroatoms. The summed E-state index contributed by atoms with van der Waals surface area (Å²) < 4.78 is 5.25. The van der Waals surface area contributed by atoms with E-state index in [1.807, 2.05) is 12.1 Å². The molecule has 1 aromatic carbocycles. The highest BCUT2D eigenvalue weighted by Crippen LogP contribution is 2.56. The molecule has 2 aliphatic carbocycles. The number of carbonyl (C=O) groups is 1. The first-order valence-corrected chi connectivity index (χ1v) is 8.78. The van der Waals surface area contributed by atoms with Crippen molar-refractivity contribution in [3.8, 4) is 5.75 Å². The van der Waals surface area contributed by atoms with E-state index in [9.17, 15) is 9.90 Å². The number of benzene rings is 1. The number of hydrogen-bond donors (Lipinski definition) is 1. The van der Waals surface area contributed by atoms with Crippen LogP contribution in [0.4, 0.5) is 0 Å². The lowest BCUT2D eigenvalue weighted by atomic mass is 9.52. The lowest BCUT2D eigenvalue weighted by Crippen LogP contribution is -2.63. The fourth-order valence-corrected chi connectivity index (χ4v) is 5.37. The molecule has 1 heterocycles. The quantitative estimate of drug-likeness (QED) is 0.932. The second-order valence-corrected chi connectivity index (χ2v) is 7.33. The number of fused-ring (bicyclic) bond motifs is 1. The van der Waals surface area contributed by atoms with Crippen molar-refractivity contribution < 1.29 is 14.6 Å². The van der Waals surface area contributed by atoms with Crippen LogP contribution in [0.5, 0.6) is 5.75 Å². The Bertz CT molecular complexity index is 629. The van der Waals surface area contributed by atoms with Gasteiger partial charge < -0.3 is 9.84 Å². The zero-order valence-corrected chi connectivity index (χ0v) is 13.8. The molecule has 0 unspecified atom stereocenters. The van der Waals surface area contributed by atoms with Gasteiger partial charge in [0.05, 0.1) is 12.6 Å². The van der Waals surface area contributed by atoms with Crippen molar-refractivity contribution in [3.05, 3.63) is 29.3 Å². The van der Waals surface area contributed by atoms with Crippen LogP contribution >= 0.6 is 0 Å². The highest BCUT2D eigenvalue weighted by atomic mass is 16.5. The topological polar surface area (TPSA) is 49.8 Å². The van der Waals surface area contributed by atoms with Gasteiger partial charge in [-0.2, -0.15) is 0 Å². The predicted molar refractivity (Wildman–Crippen MR) is 87.9 cm³/mol. The van der Waals surface area contributed by atoms with Gasteiger partial charge in [-0.25, -0.2) is 0 Å². The first-order valence-electron chi connectivity index (χ1n) is 8.78. The number of piperidine rings is 1. The minimum atomic E-state index is -0.00348. The van der Waals surface area contributed by atoms with Crippen molar-refractivity contribution in [3.63, 3.8) is 0 Å². The molecule has 1 saturated heterocycles. The van der Waals surface area contributed by atoms with Gasteiger partial charge in [0.25, 0.3) is 0 Å². The highest BCUT2D eigenvalue weighted by Gasteiger charge is 2.56. The Hall–Kier alpha value is -1.39. The molecular formula is C19H25NO3. The smallest absolute Gasteiger partial charge is 0.180 e. The number of hydrogen-bond acceptors (Lipinski definition) is 4. The Balaban J connectivity index is 1.82. The summed E-state index contributed by atoms with van der Waals surface area (Å²) in [6, 6.07) is 5.36. The molecule has 0 spiro atoms. The fraction of sp³-hybridized carbons (Fsp3) is 0.632. The Morgan fingerprint density at radius 1 is 1.35 bits per heavy atom. The largest absolute Gasteiger partial charge is 0.508 e. The summed E-state index contributed by atoms with van der Waals surface area (Å²) in [7, 11) is 1.72. The number of carbonyl (C=O) groups excluding carboxylic acids is 1. The molecule has 124 valence electrons. The zero-order valence-electron chi connectivity index (χ0n) is 13.8. The summed E-state index contributed by atoms with van der Waals surface area (Å²) in [4.78, 5) is 15.5. The van der Waals surface area contributed by atoms with Gasteiger partial charge in [0.2, 0.25) is 0 Å². The van der Waals surface area contributed by atoms with E-state index < -0.39 is 0 Å². The lowest BCUT2D eigenvalue weighted by Gasteiger charge is -2.58. The normalized spacial score (nSPS) is 33.2. The third-order valence-corrected chi connectivity index (χ3v) is 6.37. The molecule has 0 aromatic heterocycles. The second-order valence-electron chi connectivity index (χ2n) is 7.33. The molecule has 1 saturated carbocycles. The van der Waals surface area contributed by atoms with Crippen molar-refractivity contribution in [1.29, 1.82) is 0 Å². The number of aromatic hydroxyl groups is 1. The summed E-state index contributed by atoms with van der Waals surface area (Å²) >= 11 is 0. The third-order valence-electron chi connectivity index (χ3n) is 6.37. The number of Topliss-reactive ketones (excluding diaryl/α,β-unsaturated/α-hetero) is 1. The molecule has 1 aliphatic heterocycles. The van der Waals surface area contributed by atoms with Gasteiger partial charge >= 0.3 is 0 Å². The van der Waals surface area contributed by atoms with Crippen LogP contribution in [0, 0.1) is 5.92 Å². The first kappa shape index (κ1) is 15.2. The zero-order chi connectivity index (χ0) is 16.0. The summed E-state index contributed by atoms with van der Waals surface area (Å²) in [5, 5.41) is 9.99. The fourth-order valence-electron chi connectivity index (χ4n) is 5.37. The van der Waals surface area contributed by atoms with Gasteiger partial charge in [-0.15, -0.1) is 0 Å². The van der Waals surface area contributed by atoms with Crippen LogP contribution in [0.1, 0.15) is 48.0 Å². The van der Waals surface area contributed by atoms with Crippen LogP contribution in [0.2, 0.25) is 0 Å². The van der Waals surface area contributed by atoms with E-state index in [1.54, 1.807) is 13.2 Å². The standard InChI is InChI=1S/C19H25NO3/c1-23-11-10-20-9-8-19-7-3-2-4-15(19)17(20)18(22)14-6-5-13(21)12-16(14)19/h5-6,12,15,17,21H,2-4,7-11H2,1H3/t15-,17+,19-/m0/s1. The van der Waals surface area contributed by atoms with Gasteiger partial charge in [0.15, 0.2) is 5.78 Å². The maximum Gasteiger partial charge on any atom is 0.180 e. The van der Waals surface area contributed by atoms with E-state index >= 15 is 0 Å². The van der Waals surface area contributed by atoms with E-state index in [0.29, 0.717) is 12.5 Å². The van der Waals surface area contributed by atoms with Crippen molar-refractivity contribution in [2.45, 2.75) is 43.6 Å². The molecule has 1 aromatic rings. The van der Waals surface area contributed by atoms with E-state index in [4.69, 9.17) is 4.74 Å². The minimum Gasteiger partial charge on any atom is -0.508 e. The van der Waals surface area contributed by atoms with Gasteiger partial charge in [0.1, 0.15) is 5.75 Å². The maximum atomic E-state index is 13.2. The Kier molecular flexibility index (Phi) is 3.69. The van der Waals surface area contributed by atoms with Gasteiger partial charge in [-0.05, 0) is 55.5 Å². The Morgan fingerprint density at radius 2 is 2.22 bits per heavy atom. The van der Waals surface area contributed by atoms with Crippen LogP contribution in [0.25, 0.3) is 0 Å². The average Bonchev–Trinajstić information content (AvgIpc) is 2.58. The number of phenolic OH excluding ortho intramolecular Hbond substituents is 1. The lowest BCUT2D eigenvalue weighted by molar-refractivity contribution is -0.0108. The number of nitrogens with zero attached hydrogens (tertiary/aromatic N) is 1. The molecular weight excluding hydrogens is 290 g/mol. The van der Waals surface area contributed by atoms with E-state index in [-0.39, 0.29) is 23.0 Å². The average molecular weight is 315 g/mol. The molecule has 3 aliphatic rings. The number of likely N-dealkylation sites (tertiary alicyclic amines) is 1. The van der Waals surface area contributed by atoms with Gasteiger partial charge in [-0.3, -0.25) is 9.69 Å². The Labute approximate surface area is 137 Å². The van der Waals surface area contributed by atoms with E-state index in [2.05, 4.69) is 4.90 Å². The monoisotopic (exact) mass is 315 g/mol. The number of methoxy groups -OCH3 is 1. The molecule has 1 N–H and O–H groups in total. The van der Waals surface area contributed by atoms with Crippen LogP contribution in [0.15, 0.2) is 18.2 Å². The number of phenols is 1. The van der Waals surface area contributed by atoms with Crippen molar-refractivity contribution in [2.75, 3.05) is 26.8 Å². The number of rotatable bonds is 3. The van der Waals surface area contributed by atoms with Crippen molar-refractivity contribution in [2.24, 2.45) is 5.92 Å². The molecule has 0 amide bonds. The van der Waals surface area contributed by atoms with E-state index in [1.165, 1.54) is 12.8 Å². The van der Waals surface area contributed by atoms with Crippen molar-refractivity contribution in [1.82, 2.24) is 4.90 Å². The SMILES string of the molecule is COCCN1CC[C@@]23CCCC[C@H]2[C@@H]1C(=O)c1ccc(O)cc13. The summed E-state index contributed by atoms with van der Waals surface area (Å²) in [6.07, 6.45) is 5.79. The molecule has 4 rings (SSSR count). The van der Waals surface area contributed by atoms with Crippen LogP contribution < -0.4 is 0 Å². The highest BCUT2D eigenvalue weighted by molar-refractivity contribution is 6.03. The minimum absolute atomic E-state index is 0.00348. The van der Waals surface area contributed by atoms with Crippen molar-refractivity contribution >= 4 is 5.78 Å². The molecule has 2 fully saturated rings. The number of ether oxygens (including phenoxy) is 1. The van der Waals surface area contributed by atoms with Gasteiger partial charge in [0, 0.05) is 24.6 Å². The summed E-state index contributed by atoms with van der Waals surface area (Å²) in [5.74, 6) is 0.928.